The summed E-state index contributed by atoms with van der Waals surface area (Å²) in [7, 11) is 0. The predicted molar refractivity (Wildman–Crippen MR) is 151 cm³/mol. The molecule has 40 heavy (non-hydrogen) atoms. The fraction of sp³-hybridized carbons (Fsp3) is 0.406. The second-order valence-electron chi connectivity index (χ2n) is 10.9. The van der Waals surface area contributed by atoms with Crippen LogP contribution < -0.4 is 4.74 Å². The van der Waals surface area contributed by atoms with Crippen molar-refractivity contribution in [2.75, 3.05) is 32.8 Å². The molecule has 4 heterocycles. The lowest BCUT2D eigenvalue weighted by atomic mass is 9.99. The summed E-state index contributed by atoms with van der Waals surface area (Å²) in [5, 5.41) is 8.95. The summed E-state index contributed by atoms with van der Waals surface area (Å²) in [6.45, 7) is 4.94. The average Bonchev–Trinajstić information content (AvgIpc) is 3.36. The molecule has 1 unspecified atom stereocenters. The molecule has 3 aromatic rings. The molecule has 0 spiro atoms. The summed E-state index contributed by atoms with van der Waals surface area (Å²) in [5.74, 6) is 1.18. The van der Waals surface area contributed by atoms with E-state index in [-0.39, 0.29) is 24.2 Å². The molecule has 1 atom stereocenters. The van der Waals surface area contributed by atoms with Crippen LogP contribution in [0.15, 0.2) is 72.9 Å². The summed E-state index contributed by atoms with van der Waals surface area (Å²) in [5.41, 5.74) is 2.96. The molecule has 1 aromatic heterocycles. The van der Waals surface area contributed by atoms with E-state index >= 15 is 0 Å². The number of urea groups is 1. The Hall–Kier alpha value is -3.93. The van der Waals surface area contributed by atoms with Crippen molar-refractivity contribution >= 4 is 6.03 Å². The van der Waals surface area contributed by atoms with Gasteiger partial charge in [0.15, 0.2) is 0 Å². The van der Waals surface area contributed by atoms with Gasteiger partial charge >= 0.3 is 6.03 Å². The number of aromatic nitrogens is 1. The van der Waals surface area contributed by atoms with Crippen molar-refractivity contribution in [3.8, 4) is 17.7 Å². The van der Waals surface area contributed by atoms with Crippen molar-refractivity contribution in [2.24, 2.45) is 0 Å². The van der Waals surface area contributed by atoms with Gasteiger partial charge in [-0.1, -0.05) is 36.4 Å². The van der Waals surface area contributed by atoms with Gasteiger partial charge in [-0.15, -0.1) is 0 Å². The molecule has 8 nitrogen and oxygen atoms in total. The van der Waals surface area contributed by atoms with Gasteiger partial charge in [0.1, 0.15) is 5.75 Å². The molecule has 6 rings (SSSR count). The SMILES string of the molecule is N#Cc1ccc(Oc2ccc(CN3CCC(N4C(=O)N(C5CCOCC5)CC4c4ccccc4)CC3)cn2)cc1. The summed E-state index contributed by atoms with van der Waals surface area (Å²) < 4.78 is 11.4. The summed E-state index contributed by atoms with van der Waals surface area (Å²) in [6, 6.07) is 24.4. The molecular weight excluding hydrogens is 502 g/mol. The number of nitrogens with zero attached hydrogens (tertiary/aromatic N) is 5. The first-order chi connectivity index (χ1) is 19.7. The normalized spacial score (nSPS) is 21.0. The van der Waals surface area contributed by atoms with E-state index in [1.165, 1.54) is 5.56 Å². The highest BCUT2D eigenvalue weighted by molar-refractivity contribution is 5.78. The number of hydrogen-bond donors (Lipinski definition) is 0. The minimum absolute atomic E-state index is 0.0981. The highest BCUT2D eigenvalue weighted by atomic mass is 16.5. The van der Waals surface area contributed by atoms with Crippen molar-refractivity contribution < 1.29 is 14.3 Å². The minimum Gasteiger partial charge on any atom is -0.439 e. The van der Waals surface area contributed by atoms with Crippen LogP contribution >= 0.6 is 0 Å². The lowest BCUT2D eigenvalue weighted by molar-refractivity contribution is 0.0493. The Morgan fingerprint density at radius 2 is 1.68 bits per heavy atom. The standard InChI is InChI=1S/C32H35N5O3/c33-20-24-6-9-29(10-7-24)40-31-11-8-25(21-34-31)22-35-16-12-28(13-17-35)37-30(26-4-2-1-3-5-26)23-36(32(37)38)27-14-18-39-19-15-27/h1-11,21,27-28,30H,12-19,22-23H2. The Labute approximate surface area is 235 Å². The number of hydrogen-bond acceptors (Lipinski definition) is 6. The molecule has 0 aliphatic carbocycles. The van der Waals surface area contributed by atoms with E-state index in [9.17, 15) is 4.79 Å². The van der Waals surface area contributed by atoms with Gasteiger partial charge in [-0.2, -0.15) is 5.26 Å². The molecule has 3 aliphatic rings. The van der Waals surface area contributed by atoms with Crippen molar-refractivity contribution in [2.45, 2.75) is 50.4 Å². The third-order valence-corrected chi connectivity index (χ3v) is 8.35. The van der Waals surface area contributed by atoms with Crippen LogP contribution in [0.1, 0.15) is 48.4 Å². The average molecular weight is 538 g/mol. The number of nitriles is 1. The van der Waals surface area contributed by atoms with E-state index in [0.29, 0.717) is 17.2 Å². The van der Waals surface area contributed by atoms with Crippen LogP contribution in [0.4, 0.5) is 4.79 Å². The Morgan fingerprint density at radius 1 is 0.925 bits per heavy atom. The Kier molecular flexibility index (Phi) is 7.94. The van der Waals surface area contributed by atoms with Gasteiger partial charge in [-0.3, -0.25) is 4.90 Å². The highest BCUT2D eigenvalue weighted by Crippen LogP contribution is 2.37. The second kappa shape index (κ2) is 12.1. The number of piperidine rings is 1. The predicted octanol–water partition coefficient (Wildman–Crippen LogP) is 5.37. The Bertz CT molecular complexity index is 1310. The summed E-state index contributed by atoms with van der Waals surface area (Å²) in [6.07, 6.45) is 5.63. The first kappa shape index (κ1) is 26.3. The molecule has 0 radical (unpaired) electrons. The van der Waals surface area contributed by atoms with Gasteiger partial charge in [-0.25, -0.2) is 9.78 Å². The molecule has 2 aromatic carbocycles. The van der Waals surface area contributed by atoms with Crippen molar-refractivity contribution in [3.05, 3.63) is 89.6 Å². The minimum atomic E-state index is 0.0981. The summed E-state index contributed by atoms with van der Waals surface area (Å²) in [4.78, 5) is 25.1. The van der Waals surface area contributed by atoms with Crippen LogP contribution in [0.2, 0.25) is 0 Å². The van der Waals surface area contributed by atoms with E-state index in [1.54, 1.807) is 24.3 Å². The quantitative estimate of drug-likeness (QED) is 0.403. The maximum Gasteiger partial charge on any atom is 0.321 e. The molecule has 8 heteroatoms. The third kappa shape index (κ3) is 5.81. The van der Waals surface area contributed by atoms with Gasteiger partial charge < -0.3 is 19.3 Å². The fourth-order valence-electron chi connectivity index (χ4n) is 6.18. The second-order valence-corrected chi connectivity index (χ2v) is 10.9. The van der Waals surface area contributed by atoms with Gasteiger partial charge in [0.05, 0.1) is 17.7 Å². The first-order valence-electron chi connectivity index (χ1n) is 14.2. The topological polar surface area (TPSA) is 81.9 Å². The number of benzene rings is 2. The van der Waals surface area contributed by atoms with E-state index < -0.39 is 0 Å². The number of pyridine rings is 1. The summed E-state index contributed by atoms with van der Waals surface area (Å²) >= 11 is 0. The van der Waals surface area contributed by atoms with Crippen LogP contribution in [0.5, 0.6) is 11.6 Å². The maximum atomic E-state index is 13.8. The maximum absolute atomic E-state index is 13.8. The smallest absolute Gasteiger partial charge is 0.321 e. The molecule has 0 N–H and O–H groups in total. The van der Waals surface area contributed by atoms with E-state index in [4.69, 9.17) is 14.7 Å². The third-order valence-electron chi connectivity index (χ3n) is 8.35. The molecule has 0 saturated carbocycles. The first-order valence-corrected chi connectivity index (χ1v) is 14.2. The molecule has 3 aliphatic heterocycles. The molecule has 3 fully saturated rings. The number of ether oxygens (including phenoxy) is 2. The fourth-order valence-corrected chi connectivity index (χ4v) is 6.18. The Morgan fingerprint density at radius 3 is 2.35 bits per heavy atom. The van der Waals surface area contributed by atoms with Crippen LogP contribution in [0.25, 0.3) is 0 Å². The van der Waals surface area contributed by atoms with Gasteiger partial charge in [0, 0.05) is 63.7 Å². The van der Waals surface area contributed by atoms with Gasteiger partial charge in [-0.05, 0) is 61.1 Å². The molecule has 206 valence electrons. The zero-order valence-corrected chi connectivity index (χ0v) is 22.7. The van der Waals surface area contributed by atoms with Crippen molar-refractivity contribution in [1.82, 2.24) is 19.7 Å². The monoisotopic (exact) mass is 537 g/mol. The van der Waals surface area contributed by atoms with Crippen molar-refractivity contribution in [1.29, 1.82) is 5.26 Å². The van der Waals surface area contributed by atoms with E-state index in [0.717, 1.165) is 70.6 Å². The lowest BCUT2D eigenvalue weighted by Gasteiger charge is -2.39. The lowest BCUT2D eigenvalue weighted by Crippen LogP contribution is -2.48. The van der Waals surface area contributed by atoms with Gasteiger partial charge in [0.2, 0.25) is 5.88 Å². The number of amides is 2. The molecular formula is C32H35N5O3. The van der Waals surface area contributed by atoms with Crippen LogP contribution in [0.3, 0.4) is 0 Å². The Balaban J connectivity index is 1.07. The zero-order chi connectivity index (χ0) is 27.3. The number of rotatable bonds is 7. The van der Waals surface area contributed by atoms with Gasteiger partial charge in [0.25, 0.3) is 0 Å². The number of carbonyl (C=O) groups excluding carboxylic acids is 1. The van der Waals surface area contributed by atoms with Crippen LogP contribution in [-0.4, -0.2) is 70.6 Å². The molecule has 3 saturated heterocycles. The highest BCUT2D eigenvalue weighted by Gasteiger charge is 2.45. The van der Waals surface area contributed by atoms with Crippen LogP contribution in [-0.2, 0) is 11.3 Å². The number of likely N-dealkylation sites (tertiary alicyclic amines) is 1. The molecule has 2 amide bonds. The van der Waals surface area contributed by atoms with Crippen molar-refractivity contribution in [3.63, 3.8) is 0 Å². The van der Waals surface area contributed by atoms with E-state index in [2.05, 4.69) is 56.1 Å². The largest absolute Gasteiger partial charge is 0.439 e. The zero-order valence-electron chi connectivity index (χ0n) is 22.7. The van der Waals surface area contributed by atoms with Crippen LogP contribution in [0, 0.1) is 11.3 Å². The number of carbonyl (C=O) groups is 1. The van der Waals surface area contributed by atoms with E-state index in [1.807, 2.05) is 18.3 Å². The molecule has 0 bridgehead atoms.